The predicted molar refractivity (Wildman–Crippen MR) is 81.0 cm³/mol. The van der Waals surface area contributed by atoms with E-state index in [2.05, 4.69) is 23.9 Å². The van der Waals surface area contributed by atoms with Gasteiger partial charge in [0, 0.05) is 25.4 Å². The van der Waals surface area contributed by atoms with Crippen molar-refractivity contribution in [2.75, 3.05) is 20.3 Å². The highest BCUT2D eigenvalue weighted by Gasteiger charge is 2.32. The van der Waals surface area contributed by atoms with Crippen molar-refractivity contribution in [1.29, 1.82) is 0 Å². The van der Waals surface area contributed by atoms with E-state index in [1.807, 2.05) is 6.07 Å². The number of nitrogens with zero attached hydrogens (tertiary/aromatic N) is 3. The zero-order valence-corrected chi connectivity index (χ0v) is 13.0. The number of ether oxygens (including phenoxy) is 1. The maximum absolute atomic E-state index is 12.6. The van der Waals surface area contributed by atoms with Crippen molar-refractivity contribution < 1.29 is 9.53 Å². The second-order valence-electron chi connectivity index (χ2n) is 6.04. The van der Waals surface area contributed by atoms with Crippen LogP contribution < -0.4 is 5.56 Å². The largest absolute Gasteiger partial charge is 0.383 e. The summed E-state index contributed by atoms with van der Waals surface area (Å²) in [7, 11) is 1.58. The fourth-order valence-electron chi connectivity index (χ4n) is 2.77. The fraction of sp³-hybridized carbons (Fsp3) is 0.533. The summed E-state index contributed by atoms with van der Waals surface area (Å²) in [6, 6.07) is 1.84. The molecule has 0 aromatic carbocycles. The van der Waals surface area contributed by atoms with E-state index >= 15 is 0 Å². The highest BCUT2D eigenvalue weighted by molar-refractivity contribution is 5.96. The van der Waals surface area contributed by atoms with Gasteiger partial charge < -0.3 is 9.64 Å². The number of carbonyl (C=O) groups excluding carboxylic acids is 1. The molecule has 1 amide bonds. The minimum absolute atomic E-state index is 0.191. The molecule has 0 spiro atoms. The van der Waals surface area contributed by atoms with Crippen molar-refractivity contribution in [3.63, 3.8) is 0 Å². The molecule has 2 aromatic rings. The molecule has 0 unspecified atom stereocenters. The van der Waals surface area contributed by atoms with Crippen LogP contribution in [0.3, 0.4) is 0 Å². The fourth-order valence-corrected chi connectivity index (χ4v) is 2.77. The van der Waals surface area contributed by atoms with Crippen LogP contribution in [-0.4, -0.2) is 45.7 Å². The molecule has 0 atom stereocenters. The lowest BCUT2D eigenvalue weighted by Gasteiger charge is -2.13. The first-order chi connectivity index (χ1) is 10.5. The Morgan fingerprint density at radius 2 is 2.18 bits per heavy atom. The van der Waals surface area contributed by atoms with Gasteiger partial charge in [-0.25, -0.2) is 9.50 Å². The van der Waals surface area contributed by atoms with E-state index in [0.717, 1.165) is 12.1 Å². The third-order valence-electron chi connectivity index (χ3n) is 3.79. The normalized spacial score (nSPS) is 14.4. The van der Waals surface area contributed by atoms with Crippen LogP contribution in [0.15, 0.2) is 10.9 Å². The SMILES string of the molecule is COCCN1Cc2c(nc3cc(CC(C)C)[nH]n3c2=O)C1=O. The van der Waals surface area contributed by atoms with Gasteiger partial charge in [0.25, 0.3) is 11.5 Å². The van der Waals surface area contributed by atoms with Gasteiger partial charge in [-0.3, -0.25) is 14.7 Å². The van der Waals surface area contributed by atoms with Crippen molar-refractivity contribution in [3.8, 4) is 0 Å². The van der Waals surface area contributed by atoms with E-state index in [4.69, 9.17) is 4.74 Å². The van der Waals surface area contributed by atoms with E-state index in [1.165, 1.54) is 4.52 Å². The van der Waals surface area contributed by atoms with Gasteiger partial charge in [0.1, 0.15) is 5.69 Å². The van der Waals surface area contributed by atoms with E-state index in [-0.39, 0.29) is 17.2 Å². The molecular weight excluding hydrogens is 284 g/mol. The minimum atomic E-state index is -0.196. The zero-order valence-electron chi connectivity index (χ0n) is 13.0. The number of aromatic nitrogens is 3. The first kappa shape index (κ1) is 14.8. The van der Waals surface area contributed by atoms with Crippen molar-refractivity contribution in [3.05, 3.63) is 33.4 Å². The highest BCUT2D eigenvalue weighted by atomic mass is 16.5. The van der Waals surface area contributed by atoms with Gasteiger partial charge >= 0.3 is 0 Å². The molecule has 0 radical (unpaired) electrons. The lowest BCUT2D eigenvalue weighted by atomic mass is 10.1. The number of hydrogen-bond donors (Lipinski definition) is 1. The third kappa shape index (κ3) is 2.41. The molecule has 22 heavy (non-hydrogen) atoms. The van der Waals surface area contributed by atoms with E-state index in [9.17, 15) is 9.59 Å². The average molecular weight is 304 g/mol. The lowest BCUT2D eigenvalue weighted by Crippen LogP contribution is -2.28. The van der Waals surface area contributed by atoms with E-state index in [0.29, 0.717) is 36.8 Å². The summed E-state index contributed by atoms with van der Waals surface area (Å²) in [4.78, 5) is 30.9. The first-order valence-corrected chi connectivity index (χ1v) is 7.43. The van der Waals surface area contributed by atoms with Crippen LogP contribution in [0.2, 0.25) is 0 Å². The van der Waals surface area contributed by atoms with Gasteiger partial charge in [-0.05, 0) is 12.3 Å². The van der Waals surface area contributed by atoms with Crippen LogP contribution >= 0.6 is 0 Å². The second-order valence-corrected chi connectivity index (χ2v) is 6.04. The number of methoxy groups -OCH3 is 1. The molecule has 3 heterocycles. The van der Waals surface area contributed by atoms with E-state index < -0.39 is 0 Å². The van der Waals surface area contributed by atoms with Crippen molar-refractivity contribution >= 4 is 11.6 Å². The topological polar surface area (TPSA) is 79.7 Å². The number of fused-ring (bicyclic) bond motifs is 2. The number of hydrogen-bond acceptors (Lipinski definition) is 4. The number of nitrogens with one attached hydrogen (secondary N) is 1. The minimum Gasteiger partial charge on any atom is -0.383 e. The number of carbonyl (C=O) groups is 1. The molecule has 0 aliphatic carbocycles. The highest BCUT2D eigenvalue weighted by Crippen LogP contribution is 2.19. The Kier molecular flexibility index (Phi) is 3.74. The molecule has 2 aromatic heterocycles. The number of rotatable bonds is 5. The summed E-state index contributed by atoms with van der Waals surface area (Å²) in [6.45, 7) is 5.42. The second kappa shape index (κ2) is 5.57. The molecule has 1 aliphatic rings. The summed E-state index contributed by atoms with van der Waals surface area (Å²) in [5.41, 5.74) is 1.99. The Labute approximate surface area is 127 Å². The molecule has 0 bridgehead atoms. The van der Waals surface area contributed by atoms with Gasteiger partial charge in [-0.1, -0.05) is 13.8 Å². The molecule has 1 aliphatic heterocycles. The van der Waals surface area contributed by atoms with Gasteiger partial charge in [0.2, 0.25) is 0 Å². The van der Waals surface area contributed by atoms with Crippen LogP contribution in [0.5, 0.6) is 0 Å². The molecule has 0 fully saturated rings. The zero-order chi connectivity index (χ0) is 15.9. The number of aromatic amines is 1. The quantitative estimate of drug-likeness (QED) is 0.887. The third-order valence-corrected chi connectivity index (χ3v) is 3.79. The van der Waals surface area contributed by atoms with Crippen LogP contribution in [-0.2, 0) is 17.7 Å². The van der Waals surface area contributed by atoms with Crippen LogP contribution in [0.4, 0.5) is 0 Å². The Hall–Kier alpha value is -2.15. The molecular formula is C15H20N4O3. The Morgan fingerprint density at radius 1 is 1.41 bits per heavy atom. The van der Waals surface area contributed by atoms with Gasteiger partial charge in [-0.15, -0.1) is 0 Å². The monoisotopic (exact) mass is 304 g/mol. The van der Waals surface area contributed by atoms with Crippen molar-refractivity contribution in [2.45, 2.75) is 26.8 Å². The standard InChI is InChI=1S/C15H20N4O3/c1-9(2)6-10-7-12-16-13-11(14(20)19(12)17-10)8-18(15(13)21)4-5-22-3/h7,9,17H,4-6,8H2,1-3H3. The number of amides is 1. The van der Waals surface area contributed by atoms with Gasteiger partial charge in [0.15, 0.2) is 5.65 Å². The van der Waals surface area contributed by atoms with Crippen LogP contribution in [0, 0.1) is 5.92 Å². The first-order valence-electron chi connectivity index (χ1n) is 7.43. The smallest absolute Gasteiger partial charge is 0.278 e. The maximum Gasteiger partial charge on any atom is 0.278 e. The van der Waals surface area contributed by atoms with Crippen molar-refractivity contribution in [2.24, 2.45) is 5.92 Å². The molecule has 118 valence electrons. The molecule has 7 nitrogen and oxygen atoms in total. The summed E-state index contributed by atoms with van der Waals surface area (Å²) in [5, 5.41) is 3.08. The predicted octanol–water partition coefficient (Wildman–Crippen LogP) is 0.823. The average Bonchev–Trinajstić information content (AvgIpc) is 2.99. The van der Waals surface area contributed by atoms with Gasteiger partial charge in [-0.2, -0.15) is 0 Å². The summed E-state index contributed by atoms with van der Waals surface area (Å²) in [6.07, 6.45) is 0.835. The Bertz CT molecular complexity index is 775. The maximum atomic E-state index is 12.6. The Balaban J connectivity index is 2.00. The lowest BCUT2D eigenvalue weighted by molar-refractivity contribution is 0.0715. The summed E-state index contributed by atoms with van der Waals surface area (Å²) >= 11 is 0. The van der Waals surface area contributed by atoms with E-state index in [1.54, 1.807) is 12.0 Å². The Morgan fingerprint density at radius 3 is 2.86 bits per heavy atom. The molecule has 1 N–H and O–H groups in total. The molecule has 3 rings (SSSR count). The number of H-pyrrole nitrogens is 1. The van der Waals surface area contributed by atoms with Gasteiger partial charge in [0.05, 0.1) is 18.7 Å². The molecule has 7 heteroatoms. The summed E-state index contributed by atoms with van der Waals surface area (Å²) in [5.74, 6) is 0.278. The molecule has 0 saturated carbocycles. The molecule has 0 saturated heterocycles. The van der Waals surface area contributed by atoms with Crippen LogP contribution in [0.1, 0.15) is 35.6 Å². The van der Waals surface area contributed by atoms with Crippen LogP contribution in [0.25, 0.3) is 5.65 Å². The van der Waals surface area contributed by atoms with Crippen molar-refractivity contribution in [1.82, 2.24) is 19.5 Å². The summed E-state index contributed by atoms with van der Waals surface area (Å²) < 4.78 is 6.43.